The second kappa shape index (κ2) is 5.03. The molecule has 96 valence electrons. The van der Waals surface area contributed by atoms with E-state index in [1.54, 1.807) is 0 Å². The molecule has 0 spiro atoms. The lowest BCUT2D eigenvalue weighted by atomic mass is 10.2. The predicted molar refractivity (Wildman–Crippen MR) is 77.1 cm³/mol. The van der Waals surface area contributed by atoms with Crippen molar-refractivity contribution in [2.75, 3.05) is 0 Å². The Hall–Kier alpha value is -1.85. The minimum Gasteiger partial charge on any atom is -0.333 e. The highest BCUT2D eigenvalue weighted by atomic mass is 32.2. The lowest BCUT2D eigenvalue weighted by Gasteiger charge is -2.04. The second-order valence-corrected chi connectivity index (χ2v) is 5.39. The van der Waals surface area contributed by atoms with Gasteiger partial charge in [0.15, 0.2) is 5.16 Å². The van der Waals surface area contributed by atoms with Gasteiger partial charge < -0.3 is 10.7 Å². The summed E-state index contributed by atoms with van der Waals surface area (Å²) < 4.78 is 0. The van der Waals surface area contributed by atoms with Crippen molar-refractivity contribution in [2.45, 2.75) is 23.1 Å². The summed E-state index contributed by atoms with van der Waals surface area (Å²) in [5.41, 5.74) is 8.85. The highest BCUT2D eigenvalue weighted by Gasteiger charge is 2.06. The number of imidazole rings is 1. The molecule has 0 radical (unpaired) electrons. The van der Waals surface area contributed by atoms with Crippen LogP contribution in [0.1, 0.15) is 18.5 Å². The molecule has 5 heteroatoms. The maximum atomic E-state index is 5.80. The van der Waals surface area contributed by atoms with E-state index in [1.165, 1.54) is 11.8 Å². The molecule has 0 aliphatic heterocycles. The van der Waals surface area contributed by atoms with Crippen molar-refractivity contribution < 1.29 is 0 Å². The van der Waals surface area contributed by atoms with Crippen LogP contribution in [0.25, 0.3) is 11.0 Å². The average molecular weight is 270 g/mol. The third-order valence-electron chi connectivity index (χ3n) is 2.85. The fourth-order valence-electron chi connectivity index (χ4n) is 1.80. The molecule has 4 nitrogen and oxygen atoms in total. The number of fused-ring (bicyclic) bond motifs is 1. The molecule has 0 unspecified atom stereocenters. The zero-order chi connectivity index (χ0) is 13.2. The Morgan fingerprint density at radius 2 is 2.05 bits per heavy atom. The Bertz CT molecular complexity index is 655. The van der Waals surface area contributed by atoms with Gasteiger partial charge in [-0.25, -0.2) is 9.97 Å². The van der Waals surface area contributed by atoms with Crippen LogP contribution in [0.3, 0.4) is 0 Å². The van der Waals surface area contributed by atoms with Crippen molar-refractivity contribution in [3.05, 3.63) is 48.2 Å². The number of hydrogen-bond donors (Lipinski definition) is 2. The molecule has 0 bridgehead atoms. The van der Waals surface area contributed by atoms with Crippen molar-refractivity contribution in [3.8, 4) is 0 Å². The lowest BCUT2D eigenvalue weighted by Crippen LogP contribution is -2.04. The molecule has 1 atom stereocenters. The van der Waals surface area contributed by atoms with Crippen molar-refractivity contribution in [3.63, 3.8) is 0 Å². The number of para-hydroxylation sites is 2. The number of rotatable bonds is 3. The maximum Gasteiger partial charge on any atom is 0.172 e. The number of pyridine rings is 1. The first-order valence-electron chi connectivity index (χ1n) is 6.06. The summed E-state index contributed by atoms with van der Waals surface area (Å²) >= 11 is 1.52. The van der Waals surface area contributed by atoms with Crippen molar-refractivity contribution >= 4 is 22.8 Å². The number of aromatic amines is 1. The van der Waals surface area contributed by atoms with Crippen LogP contribution in [0.15, 0.2) is 52.8 Å². The standard InChI is InChI=1S/C14H14N4S/c1-9(15)10-6-7-13(16-8-10)19-14-17-11-4-2-3-5-12(11)18-14/h2-9H,15H2,1H3,(H,17,18)/t9-/m0/s1. The van der Waals surface area contributed by atoms with E-state index in [0.717, 1.165) is 26.8 Å². The second-order valence-electron chi connectivity index (χ2n) is 4.38. The first-order valence-corrected chi connectivity index (χ1v) is 6.88. The van der Waals surface area contributed by atoms with Gasteiger partial charge in [-0.1, -0.05) is 18.2 Å². The molecule has 3 aromatic rings. The van der Waals surface area contributed by atoms with Gasteiger partial charge in [0.25, 0.3) is 0 Å². The number of nitrogens with one attached hydrogen (secondary N) is 1. The molecule has 3 N–H and O–H groups in total. The molecule has 2 heterocycles. The van der Waals surface area contributed by atoms with Gasteiger partial charge in [0.05, 0.1) is 11.0 Å². The molecule has 0 aliphatic carbocycles. The van der Waals surface area contributed by atoms with E-state index in [0.29, 0.717) is 0 Å². The van der Waals surface area contributed by atoms with E-state index >= 15 is 0 Å². The zero-order valence-electron chi connectivity index (χ0n) is 10.5. The Balaban J connectivity index is 1.84. The van der Waals surface area contributed by atoms with Gasteiger partial charge in [0, 0.05) is 12.2 Å². The van der Waals surface area contributed by atoms with E-state index in [-0.39, 0.29) is 6.04 Å². The van der Waals surface area contributed by atoms with Gasteiger partial charge in [0.2, 0.25) is 0 Å². The van der Waals surface area contributed by atoms with Crippen LogP contribution in [0.5, 0.6) is 0 Å². The smallest absolute Gasteiger partial charge is 0.172 e. The Morgan fingerprint density at radius 1 is 1.21 bits per heavy atom. The zero-order valence-corrected chi connectivity index (χ0v) is 11.3. The number of benzene rings is 1. The Labute approximate surface area is 115 Å². The van der Waals surface area contributed by atoms with E-state index < -0.39 is 0 Å². The predicted octanol–water partition coefficient (Wildman–Crippen LogP) is 3.13. The summed E-state index contributed by atoms with van der Waals surface area (Å²) in [6.45, 7) is 1.95. The SMILES string of the molecule is C[C@H](N)c1ccc(Sc2nc3ccccc3[nH]2)nc1. The van der Waals surface area contributed by atoms with Gasteiger partial charge >= 0.3 is 0 Å². The largest absolute Gasteiger partial charge is 0.333 e. The van der Waals surface area contributed by atoms with Crippen LogP contribution in [0.4, 0.5) is 0 Å². The van der Waals surface area contributed by atoms with E-state index in [4.69, 9.17) is 5.73 Å². The third kappa shape index (κ3) is 2.62. The van der Waals surface area contributed by atoms with E-state index in [1.807, 2.05) is 49.5 Å². The molecule has 3 rings (SSSR count). The molecule has 0 saturated carbocycles. The summed E-state index contributed by atoms with van der Waals surface area (Å²) in [5, 5.41) is 1.76. The van der Waals surface area contributed by atoms with Gasteiger partial charge in [-0.2, -0.15) is 0 Å². The van der Waals surface area contributed by atoms with E-state index in [9.17, 15) is 0 Å². The number of aromatic nitrogens is 3. The minimum absolute atomic E-state index is 0.0118. The first-order chi connectivity index (χ1) is 9.22. The lowest BCUT2D eigenvalue weighted by molar-refractivity contribution is 0.806. The number of H-pyrrole nitrogens is 1. The summed E-state index contributed by atoms with van der Waals surface area (Å²) in [6.07, 6.45) is 1.82. The van der Waals surface area contributed by atoms with Crippen LogP contribution in [-0.2, 0) is 0 Å². The van der Waals surface area contributed by atoms with Crippen LogP contribution in [0, 0.1) is 0 Å². The number of hydrogen-bond acceptors (Lipinski definition) is 4. The van der Waals surface area contributed by atoms with Gasteiger partial charge in [-0.15, -0.1) is 0 Å². The first kappa shape index (κ1) is 12.2. The fraction of sp³-hybridized carbons (Fsp3) is 0.143. The maximum absolute atomic E-state index is 5.80. The Kier molecular flexibility index (Phi) is 3.23. The molecule has 0 aliphatic rings. The molecule has 1 aromatic carbocycles. The number of nitrogens with zero attached hydrogens (tertiary/aromatic N) is 2. The molecular formula is C14H14N4S. The molecule has 0 saturated heterocycles. The van der Waals surface area contributed by atoms with Crippen molar-refractivity contribution in [2.24, 2.45) is 5.73 Å². The third-order valence-corrected chi connectivity index (χ3v) is 3.69. The topological polar surface area (TPSA) is 67.6 Å². The van der Waals surface area contributed by atoms with Crippen LogP contribution >= 0.6 is 11.8 Å². The highest BCUT2D eigenvalue weighted by Crippen LogP contribution is 2.26. The Morgan fingerprint density at radius 3 is 2.74 bits per heavy atom. The van der Waals surface area contributed by atoms with Crippen LogP contribution in [0.2, 0.25) is 0 Å². The fourth-order valence-corrected chi connectivity index (χ4v) is 2.54. The quantitative estimate of drug-likeness (QED) is 0.767. The van der Waals surface area contributed by atoms with Gasteiger partial charge in [-0.3, -0.25) is 0 Å². The molecule has 19 heavy (non-hydrogen) atoms. The monoisotopic (exact) mass is 270 g/mol. The van der Waals surface area contributed by atoms with Crippen LogP contribution in [-0.4, -0.2) is 15.0 Å². The normalized spacial score (nSPS) is 12.7. The molecule has 0 amide bonds. The minimum atomic E-state index is 0.0118. The van der Waals surface area contributed by atoms with Crippen molar-refractivity contribution in [1.29, 1.82) is 0 Å². The summed E-state index contributed by atoms with van der Waals surface area (Å²) in [4.78, 5) is 12.2. The van der Waals surface area contributed by atoms with Crippen LogP contribution < -0.4 is 5.73 Å². The van der Waals surface area contributed by atoms with Gasteiger partial charge in [0.1, 0.15) is 5.03 Å². The molecule has 0 fully saturated rings. The average Bonchev–Trinajstić information content (AvgIpc) is 2.81. The summed E-state index contributed by atoms with van der Waals surface area (Å²) in [5.74, 6) is 0. The van der Waals surface area contributed by atoms with Crippen molar-refractivity contribution in [1.82, 2.24) is 15.0 Å². The number of nitrogens with two attached hydrogens (primary N) is 1. The highest BCUT2D eigenvalue weighted by molar-refractivity contribution is 7.99. The van der Waals surface area contributed by atoms with E-state index in [2.05, 4.69) is 15.0 Å². The van der Waals surface area contributed by atoms with Gasteiger partial charge in [-0.05, 0) is 42.4 Å². The summed E-state index contributed by atoms with van der Waals surface area (Å²) in [7, 11) is 0. The molecular weight excluding hydrogens is 256 g/mol. The summed E-state index contributed by atoms with van der Waals surface area (Å²) in [6, 6.07) is 12.0. The molecule has 2 aromatic heterocycles.